The molecule has 2 nitrogen and oxygen atoms in total. The van der Waals surface area contributed by atoms with Gasteiger partial charge in [-0.2, -0.15) is 5.26 Å². The van der Waals surface area contributed by atoms with Gasteiger partial charge in [-0.1, -0.05) is 26.7 Å². The van der Waals surface area contributed by atoms with Crippen LogP contribution >= 0.6 is 15.9 Å². The van der Waals surface area contributed by atoms with Crippen molar-refractivity contribution in [2.45, 2.75) is 39.2 Å². The van der Waals surface area contributed by atoms with E-state index >= 15 is 0 Å². The minimum Gasteiger partial charge on any atom is -0.382 e. The fraction of sp³-hybridized carbons (Fsp3) is 0.533. The molecule has 96 valence electrons. The van der Waals surface area contributed by atoms with Crippen molar-refractivity contribution in [1.29, 1.82) is 5.26 Å². The van der Waals surface area contributed by atoms with E-state index in [9.17, 15) is 0 Å². The Morgan fingerprint density at radius 2 is 2.11 bits per heavy atom. The first-order valence-corrected chi connectivity index (χ1v) is 7.37. The first-order chi connectivity index (χ1) is 8.61. The van der Waals surface area contributed by atoms with E-state index in [1.807, 2.05) is 18.2 Å². The minimum absolute atomic E-state index is 0.550. The zero-order valence-electron chi connectivity index (χ0n) is 10.9. The smallest absolute Gasteiger partial charge is 0.100 e. The van der Waals surface area contributed by atoms with E-state index in [0.29, 0.717) is 17.5 Å². The van der Waals surface area contributed by atoms with E-state index in [4.69, 9.17) is 5.26 Å². The maximum atomic E-state index is 8.91. The van der Waals surface area contributed by atoms with Crippen molar-refractivity contribution in [2.75, 3.05) is 5.32 Å². The van der Waals surface area contributed by atoms with Gasteiger partial charge in [0.05, 0.1) is 5.56 Å². The molecule has 1 saturated carbocycles. The molecule has 2 rings (SSSR count). The van der Waals surface area contributed by atoms with Crippen LogP contribution in [0.1, 0.15) is 38.7 Å². The van der Waals surface area contributed by atoms with Crippen LogP contribution in [0.15, 0.2) is 22.7 Å². The van der Waals surface area contributed by atoms with Gasteiger partial charge in [-0.15, -0.1) is 0 Å². The van der Waals surface area contributed by atoms with E-state index in [2.05, 4.69) is 41.2 Å². The van der Waals surface area contributed by atoms with Crippen molar-refractivity contribution >= 4 is 21.6 Å². The lowest BCUT2D eigenvalue weighted by Crippen LogP contribution is -2.34. The van der Waals surface area contributed by atoms with E-state index in [0.717, 1.165) is 16.1 Å². The third-order valence-corrected chi connectivity index (χ3v) is 4.80. The van der Waals surface area contributed by atoms with Crippen LogP contribution in [0, 0.1) is 23.2 Å². The van der Waals surface area contributed by atoms with Crippen LogP contribution in [0.25, 0.3) is 0 Å². The number of nitrogens with one attached hydrogen (secondary N) is 1. The summed E-state index contributed by atoms with van der Waals surface area (Å²) < 4.78 is 0.867. The molecule has 3 heteroatoms. The van der Waals surface area contributed by atoms with Gasteiger partial charge in [0.25, 0.3) is 0 Å². The molecule has 0 spiro atoms. The van der Waals surface area contributed by atoms with E-state index < -0.39 is 0 Å². The summed E-state index contributed by atoms with van der Waals surface area (Å²) in [5.41, 5.74) is 1.79. The lowest BCUT2D eigenvalue weighted by atomic mass is 9.78. The number of hydrogen-bond donors (Lipinski definition) is 1. The third kappa shape index (κ3) is 2.87. The SMILES string of the molecule is CC1CCCC(Nc2ccc(C#N)c(Br)c2)C1C. The molecule has 0 bridgehead atoms. The standard InChI is InChI=1S/C15H19BrN2/c1-10-4-3-5-15(11(10)2)18-13-7-6-12(9-17)14(16)8-13/h6-8,10-11,15,18H,3-5H2,1-2H3. The molecule has 1 aromatic carbocycles. The summed E-state index contributed by atoms with van der Waals surface area (Å²) in [6.45, 7) is 4.67. The maximum absolute atomic E-state index is 8.91. The Hall–Kier alpha value is -1.01. The Morgan fingerprint density at radius 1 is 1.33 bits per heavy atom. The second-order valence-corrected chi connectivity index (χ2v) is 6.18. The summed E-state index contributed by atoms with van der Waals surface area (Å²) in [5, 5.41) is 12.5. The summed E-state index contributed by atoms with van der Waals surface area (Å²) in [6.07, 6.45) is 3.89. The lowest BCUT2D eigenvalue weighted by molar-refractivity contribution is 0.253. The molecule has 0 heterocycles. The molecule has 1 aliphatic rings. The molecule has 3 atom stereocenters. The van der Waals surface area contributed by atoms with Crippen molar-refractivity contribution < 1.29 is 0 Å². The summed E-state index contributed by atoms with van der Waals surface area (Å²) >= 11 is 3.44. The Morgan fingerprint density at radius 3 is 2.78 bits per heavy atom. The molecular formula is C15H19BrN2. The molecule has 1 aromatic rings. The zero-order chi connectivity index (χ0) is 13.1. The van der Waals surface area contributed by atoms with Crippen molar-refractivity contribution in [3.8, 4) is 6.07 Å². The van der Waals surface area contributed by atoms with Crippen LogP contribution < -0.4 is 5.32 Å². The van der Waals surface area contributed by atoms with E-state index in [-0.39, 0.29) is 0 Å². The Balaban J connectivity index is 2.09. The van der Waals surface area contributed by atoms with Gasteiger partial charge in [-0.25, -0.2) is 0 Å². The van der Waals surface area contributed by atoms with Crippen molar-refractivity contribution in [1.82, 2.24) is 0 Å². The molecule has 1 fully saturated rings. The predicted octanol–water partition coefficient (Wildman–Crippen LogP) is 4.56. The van der Waals surface area contributed by atoms with Crippen molar-refractivity contribution in [2.24, 2.45) is 11.8 Å². The monoisotopic (exact) mass is 306 g/mol. The molecule has 0 aliphatic heterocycles. The van der Waals surface area contributed by atoms with E-state index in [1.54, 1.807) is 0 Å². The molecule has 3 unspecified atom stereocenters. The normalized spacial score (nSPS) is 27.6. The zero-order valence-corrected chi connectivity index (χ0v) is 12.5. The molecule has 0 aromatic heterocycles. The second-order valence-electron chi connectivity index (χ2n) is 5.32. The van der Waals surface area contributed by atoms with Crippen molar-refractivity contribution in [3.05, 3.63) is 28.2 Å². The topological polar surface area (TPSA) is 35.8 Å². The number of rotatable bonds is 2. The largest absolute Gasteiger partial charge is 0.382 e. The average Bonchev–Trinajstić information content (AvgIpc) is 2.35. The summed E-state index contributed by atoms with van der Waals surface area (Å²) in [4.78, 5) is 0. The highest BCUT2D eigenvalue weighted by Gasteiger charge is 2.26. The highest BCUT2D eigenvalue weighted by atomic mass is 79.9. The highest BCUT2D eigenvalue weighted by Crippen LogP contribution is 2.32. The summed E-state index contributed by atoms with van der Waals surface area (Å²) in [7, 11) is 0. The van der Waals surface area contributed by atoms with E-state index in [1.165, 1.54) is 19.3 Å². The minimum atomic E-state index is 0.550. The van der Waals surface area contributed by atoms with Gasteiger partial charge in [0.2, 0.25) is 0 Å². The quantitative estimate of drug-likeness (QED) is 0.869. The van der Waals surface area contributed by atoms with Gasteiger partial charge in [-0.3, -0.25) is 0 Å². The molecule has 1 aliphatic carbocycles. The fourth-order valence-corrected chi connectivity index (χ4v) is 3.16. The molecule has 0 amide bonds. The average molecular weight is 307 g/mol. The number of benzene rings is 1. The van der Waals surface area contributed by atoms with Crippen LogP contribution in [-0.4, -0.2) is 6.04 Å². The Labute approximate surface area is 118 Å². The maximum Gasteiger partial charge on any atom is 0.100 e. The van der Waals surface area contributed by atoms with Gasteiger partial charge in [0.1, 0.15) is 6.07 Å². The van der Waals surface area contributed by atoms with Gasteiger partial charge in [0.15, 0.2) is 0 Å². The van der Waals surface area contributed by atoms with Gasteiger partial charge >= 0.3 is 0 Å². The van der Waals surface area contributed by atoms with Crippen LogP contribution in [0.3, 0.4) is 0 Å². The second kappa shape index (κ2) is 5.75. The van der Waals surface area contributed by atoms with Gasteiger partial charge in [0, 0.05) is 16.2 Å². The summed E-state index contributed by atoms with van der Waals surface area (Å²) in [5.74, 6) is 1.49. The fourth-order valence-electron chi connectivity index (χ4n) is 2.70. The number of halogens is 1. The van der Waals surface area contributed by atoms with Crippen LogP contribution in [-0.2, 0) is 0 Å². The number of nitriles is 1. The summed E-state index contributed by atoms with van der Waals surface area (Å²) in [6, 6.07) is 8.58. The first kappa shape index (κ1) is 13.4. The molecule has 18 heavy (non-hydrogen) atoms. The highest BCUT2D eigenvalue weighted by molar-refractivity contribution is 9.10. The third-order valence-electron chi connectivity index (χ3n) is 4.15. The van der Waals surface area contributed by atoms with Crippen molar-refractivity contribution in [3.63, 3.8) is 0 Å². The Bertz CT molecular complexity index is 464. The lowest BCUT2D eigenvalue weighted by Gasteiger charge is -2.35. The molecule has 0 saturated heterocycles. The molecule has 0 radical (unpaired) electrons. The molecular weight excluding hydrogens is 288 g/mol. The first-order valence-electron chi connectivity index (χ1n) is 6.58. The van der Waals surface area contributed by atoms with Gasteiger partial charge in [-0.05, 0) is 52.4 Å². The van der Waals surface area contributed by atoms with Gasteiger partial charge < -0.3 is 5.32 Å². The number of hydrogen-bond acceptors (Lipinski definition) is 2. The van der Waals surface area contributed by atoms with Crippen LogP contribution in [0.4, 0.5) is 5.69 Å². The number of anilines is 1. The Kier molecular flexibility index (Phi) is 4.29. The van der Waals surface area contributed by atoms with Crippen LogP contribution in [0.5, 0.6) is 0 Å². The van der Waals surface area contributed by atoms with Crippen LogP contribution in [0.2, 0.25) is 0 Å². The number of nitrogens with zero attached hydrogens (tertiary/aromatic N) is 1. The predicted molar refractivity (Wildman–Crippen MR) is 78.4 cm³/mol. The molecule has 1 N–H and O–H groups in total.